The molecule has 1 N–H and O–H groups in total. The highest BCUT2D eigenvalue weighted by molar-refractivity contribution is 7.11. The standard InChI is InChI=1S/C11H18N2S/c1-7(2)11-8(3)13-10(14-11)4-9-5-12-6-9/h7,9,12H,4-6H2,1-3H3. The number of rotatable bonds is 3. The van der Waals surface area contributed by atoms with Gasteiger partial charge in [-0.15, -0.1) is 11.3 Å². The average molecular weight is 210 g/mol. The summed E-state index contributed by atoms with van der Waals surface area (Å²) in [5, 5.41) is 4.63. The Kier molecular flexibility index (Phi) is 2.88. The van der Waals surface area contributed by atoms with E-state index < -0.39 is 0 Å². The minimum atomic E-state index is 0.626. The van der Waals surface area contributed by atoms with Gasteiger partial charge in [-0.3, -0.25) is 0 Å². The Hall–Kier alpha value is -0.410. The van der Waals surface area contributed by atoms with Gasteiger partial charge in [-0.25, -0.2) is 4.98 Å². The van der Waals surface area contributed by atoms with Crippen molar-refractivity contribution in [1.29, 1.82) is 0 Å². The lowest BCUT2D eigenvalue weighted by molar-refractivity contribution is 0.346. The monoisotopic (exact) mass is 210 g/mol. The lowest BCUT2D eigenvalue weighted by Gasteiger charge is -2.25. The fraction of sp³-hybridized carbons (Fsp3) is 0.727. The molecule has 78 valence electrons. The molecule has 1 saturated heterocycles. The predicted octanol–water partition coefficient (Wildman–Crippen LogP) is 2.34. The van der Waals surface area contributed by atoms with E-state index in [1.807, 2.05) is 11.3 Å². The van der Waals surface area contributed by atoms with Crippen LogP contribution in [-0.4, -0.2) is 18.1 Å². The number of aromatic nitrogens is 1. The van der Waals surface area contributed by atoms with Crippen molar-refractivity contribution in [3.05, 3.63) is 15.6 Å². The summed E-state index contributed by atoms with van der Waals surface area (Å²) in [5.41, 5.74) is 1.24. The van der Waals surface area contributed by atoms with Gasteiger partial charge >= 0.3 is 0 Å². The molecule has 3 heteroatoms. The molecule has 2 rings (SSSR count). The van der Waals surface area contributed by atoms with Crippen LogP contribution in [0.1, 0.15) is 35.3 Å². The maximum atomic E-state index is 4.64. The van der Waals surface area contributed by atoms with E-state index >= 15 is 0 Å². The smallest absolute Gasteiger partial charge is 0.0934 e. The van der Waals surface area contributed by atoms with Gasteiger partial charge in [-0.1, -0.05) is 13.8 Å². The summed E-state index contributed by atoms with van der Waals surface area (Å²) in [6.07, 6.45) is 1.17. The summed E-state index contributed by atoms with van der Waals surface area (Å²) in [5.74, 6) is 1.46. The second kappa shape index (κ2) is 3.99. The van der Waals surface area contributed by atoms with Crippen LogP contribution in [0.2, 0.25) is 0 Å². The zero-order chi connectivity index (χ0) is 10.1. The quantitative estimate of drug-likeness (QED) is 0.828. The molecule has 0 saturated carbocycles. The highest BCUT2D eigenvalue weighted by atomic mass is 32.1. The summed E-state index contributed by atoms with van der Waals surface area (Å²) >= 11 is 1.91. The third-order valence-corrected chi connectivity index (χ3v) is 4.21. The van der Waals surface area contributed by atoms with E-state index in [-0.39, 0.29) is 0 Å². The normalized spacial score (nSPS) is 17.4. The molecule has 1 aromatic rings. The van der Waals surface area contributed by atoms with Gasteiger partial charge in [0.05, 0.1) is 10.7 Å². The summed E-state index contributed by atoms with van der Waals surface area (Å²) in [7, 11) is 0. The fourth-order valence-electron chi connectivity index (χ4n) is 1.83. The molecule has 0 unspecified atom stereocenters. The molecule has 0 radical (unpaired) electrons. The van der Waals surface area contributed by atoms with Crippen LogP contribution in [0.15, 0.2) is 0 Å². The van der Waals surface area contributed by atoms with Crippen molar-refractivity contribution >= 4 is 11.3 Å². The maximum Gasteiger partial charge on any atom is 0.0934 e. The lowest BCUT2D eigenvalue weighted by atomic mass is 10.0. The minimum Gasteiger partial charge on any atom is -0.316 e. The molecule has 0 spiro atoms. The zero-order valence-corrected chi connectivity index (χ0v) is 9.95. The highest BCUT2D eigenvalue weighted by Gasteiger charge is 2.20. The van der Waals surface area contributed by atoms with Gasteiger partial charge in [0.1, 0.15) is 0 Å². The van der Waals surface area contributed by atoms with E-state index in [9.17, 15) is 0 Å². The first-order chi connectivity index (χ1) is 6.66. The highest BCUT2D eigenvalue weighted by Crippen LogP contribution is 2.27. The Labute approximate surface area is 89.8 Å². The largest absolute Gasteiger partial charge is 0.316 e. The van der Waals surface area contributed by atoms with Crippen LogP contribution >= 0.6 is 11.3 Å². The van der Waals surface area contributed by atoms with Crippen molar-refractivity contribution in [1.82, 2.24) is 10.3 Å². The lowest BCUT2D eigenvalue weighted by Crippen LogP contribution is -2.43. The number of thiazole rings is 1. The SMILES string of the molecule is Cc1nc(CC2CNC2)sc1C(C)C. The summed E-state index contributed by atoms with van der Waals surface area (Å²) in [4.78, 5) is 6.11. The third-order valence-electron chi connectivity index (χ3n) is 2.73. The molecule has 1 aromatic heterocycles. The Morgan fingerprint density at radius 1 is 1.50 bits per heavy atom. The van der Waals surface area contributed by atoms with Gasteiger partial charge in [-0.05, 0) is 31.8 Å². The molecule has 1 aliphatic heterocycles. The number of hydrogen-bond donors (Lipinski definition) is 1. The molecule has 0 amide bonds. The van der Waals surface area contributed by atoms with Crippen molar-refractivity contribution < 1.29 is 0 Å². The average Bonchev–Trinajstić information content (AvgIpc) is 2.39. The first-order valence-electron chi connectivity index (χ1n) is 5.33. The third kappa shape index (κ3) is 1.98. The van der Waals surface area contributed by atoms with Gasteiger partial charge in [0.2, 0.25) is 0 Å². The first kappa shape index (κ1) is 10.1. The van der Waals surface area contributed by atoms with Crippen LogP contribution in [0, 0.1) is 12.8 Å². The molecule has 2 nitrogen and oxygen atoms in total. The van der Waals surface area contributed by atoms with E-state index in [1.165, 1.54) is 35.1 Å². The van der Waals surface area contributed by atoms with Crippen molar-refractivity contribution in [3.8, 4) is 0 Å². The van der Waals surface area contributed by atoms with Crippen LogP contribution < -0.4 is 5.32 Å². The van der Waals surface area contributed by atoms with Crippen LogP contribution in [0.25, 0.3) is 0 Å². The molecule has 1 aliphatic rings. The molecule has 0 aromatic carbocycles. The van der Waals surface area contributed by atoms with Gasteiger partial charge in [0, 0.05) is 11.3 Å². The predicted molar refractivity (Wildman–Crippen MR) is 61.0 cm³/mol. The molecule has 14 heavy (non-hydrogen) atoms. The van der Waals surface area contributed by atoms with Crippen LogP contribution in [0.3, 0.4) is 0 Å². The van der Waals surface area contributed by atoms with Crippen LogP contribution in [0.4, 0.5) is 0 Å². The van der Waals surface area contributed by atoms with E-state index in [0.29, 0.717) is 5.92 Å². The molecular weight excluding hydrogens is 192 g/mol. The number of aryl methyl sites for hydroxylation is 1. The van der Waals surface area contributed by atoms with Gasteiger partial charge in [0.25, 0.3) is 0 Å². The summed E-state index contributed by atoms with van der Waals surface area (Å²) in [6.45, 7) is 8.98. The van der Waals surface area contributed by atoms with Crippen LogP contribution in [0.5, 0.6) is 0 Å². The van der Waals surface area contributed by atoms with Crippen molar-refractivity contribution in [3.63, 3.8) is 0 Å². The zero-order valence-electron chi connectivity index (χ0n) is 9.13. The molecular formula is C11H18N2S. The van der Waals surface area contributed by atoms with E-state index in [2.05, 4.69) is 31.1 Å². The maximum absolute atomic E-state index is 4.64. The second-order valence-electron chi connectivity index (χ2n) is 4.44. The van der Waals surface area contributed by atoms with E-state index in [0.717, 1.165) is 5.92 Å². The van der Waals surface area contributed by atoms with Crippen molar-refractivity contribution in [2.24, 2.45) is 5.92 Å². The Morgan fingerprint density at radius 3 is 2.64 bits per heavy atom. The molecule has 0 bridgehead atoms. The van der Waals surface area contributed by atoms with Gasteiger partial charge in [0.15, 0.2) is 0 Å². The fourth-order valence-corrected chi connectivity index (χ4v) is 3.01. The topological polar surface area (TPSA) is 24.9 Å². The molecule has 2 heterocycles. The number of hydrogen-bond acceptors (Lipinski definition) is 3. The van der Waals surface area contributed by atoms with Gasteiger partial charge in [-0.2, -0.15) is 0 Å². The summed E-state index contributed by atoms with van der Waals surface area (Å²) < 4.78 is 0. The van der Waals surface area contributed by atoms with E-state index in [4.69, 9.17) is 0 Å². The second-order valence-corrected chi connectivity index (χ2v) is 5.56. The Balaban J connectivity index is 2.07. The Morgan fingerprint density at radius 2 is 2.21 bits per heavy atom. The van der Waals surface area contributed by atoms with Crippen molar-refractivity contribution in [2.75, 3.05) is 13.1 Å². The first-order valence-corrected chi connectivity index (χ1v) is 6.15. The van der Waals surface area contributed by atoms with Crippen molar-refractivity contribution in [2.45, 2.75) is 33.1 Å². The summed E-state index contributed by atoms with van der Waals surface area (Å²) in [6, 6.07) is 0. The number of nitrogens with one attached hydrogen (secondary N) is 1. The number of nitrogens with zero attached hydrogens (tertiary/aromatic N) is 1. The van der Waals surface area contributed by atoms with Gasteiger partial charge < -0.3 is 5.32 Å². The molecule has 0 aliphatic carbocycles. The molecule has 1 fully saturated rings. The van der Waals surface area contributed by atoms with Crippen LogP contribution in [-0.2, 0) is 6.42 Å². The minimum absolute atomic E-state index is 0.626. The van der Waals surface area contributed by atoms with E-state index in [1.54, 1.807) is 0 Å². The molecule has 0 atom stereocenters. The Bertz CT molecular complexity index is 313.